The minimum atomic E-state index is -0.676. The Bertz CT molecular complexity index is 1530. The summed E-state index contributed by atoms with van der Waals surface area (Å²) in [6.07, 6.45) is 7.59. The van der Waals surface area contributed by atoms with E-state index in [-0.39, 0.29) is 23.0 Å². The van der Waals surface area contributed by atoms with Crippen molar-refractivity contribution in [2.45, 2.75) is 0 Å². The SMILES string of the molecule is C=CC(=O)Oc1ccc(C=Cc2ccc(-c3ccc(OC(=O)C=C)cc3OC(=O)C=C)cc2)c(OC(=O)C=C)c1. The van der Waals surface area contributed by atoms with Crippen LogP contribution in [0.3, 0.4) is 0 Å². The Kier molecular flexibility index (Phi) is 9.86. The number of esters is 4. The van der Waals surface area contributed by atoms with Gasteiger partial charge in [-0.25, -0.2) is 19.2 Å². The molecule has 0 aliphatic heterocycles. The van der Waals surface area contributed by atoms with E-state index in [1.807, 2.05) is 24.3 Å². The Morgan fingerprint density at radius 2 is 1.00 bits per heavy atom. The molecule has 0 fully saturated rings. The normalized spacial score (nSPS) is 10.2. The number of hydrogen-bond donors (Lipinski definition) is 0. The molecule has 0 spiro atoms. The first-order chi connectivity index (χ1) is 19.3. The predicted molar refractivity (Wildman–Crippen MR) is 151 cm³/mol. The summed E-state index contributed by atoms with van der Waals surface area (Å²) in [5, 5.41) is 0. The second-order valence-electron chi connectivity index (χ2n) is 7.81. The summed E-state index contributed by atoms with van der Waals surface area (Å²) in [6.45, 7) is 13.5. The van der Waals surface area contributed by atoms with E-state index in [9.17, 15) is 19.2 Å². The number of benzene rings is 3. The molecule has 3 aromatic rings. The number of rotatable bonds is 11. The van der Waals surface area contributed by atoms with E-state index in [2.05, 4.69) is 26.3 Å². The first-order valence-corrected chi connectivity index (χ1v) is 11.7. The molecule has 0 saturated carbocycles. The second-order valence-corrected chi connectivity index (χ2v) is 7.81. The van der Waals surface area contributed by atoms with Gasteiger partial charge in [0.2, 0.25) is 0 Å². The average Bonchev–Trinajstić information content (AvgIpc) is 2.97. The Morgan fingerprint density at radius 1 is 0.525 bits per heavy atom. The number of carbonyl (C=O) groups excluding carboxylic acids is 4. The lowest BCUT2D eigenvalue weighted by Gasteiger charge is -2.12. The molecule has 0 unspecified atom stereocenters. The van der Waals surface area contributed by atoms with Crippen LogP contribution in [0.15, 0.2) is 111 Å². The second kappa shape index (κ2) is 13.7. The van der Waals surface area contributed by atoms with Crippen LogP contribution in [0.1, 0.15) is 11.1 Å². The molecule has 3 aromatic carbocycles. The van der Waals surface area contributed by atoms with Crippen molar-refractivity contribution in [2.75, 3.05) is 0 Å². The largest absolute Gasteiger partial charge is 0.423 e. The minimum Gasteiger partial charge on any atom is -0.423 e. The first-order valence-electron chi connectivity index (χ1n) is 11.7. The Labute approximate surface area is 230 Å². The quantitative estimate of drug-likeness (QED) is 0.129. The molecular weight excluding hydrogens is 512 g/mol. The van der Waals surface area contributed by atoms with E-state index in [1.54, 1.807) is 36.4 Å². The van der Waals surface area contributed by atoms with E-state index in [4.69, 9.17) is 18.9 Å². The van der Waals surface area contributed by atoms with E-state index in [0.29, 0.717) is 11.1 Å². The highest BCUT2D eigenvalue weighted by Gasteiger charge is 2.13. The minimum absolute atomic E-state index is 0.165. The summed E-state index contributed by atoms with van der Waals surface area (Å²) in [4.78, 5) is 46.8. The van der Waals surface area contributed by atoms with E-state index < -0.39 is 23.9 Å². The molecule has 0 radical (unpaired) electrons. The van der Waals surface area contributed by atoms with Gasteiger partial charge in [0.05, 0.1) is 0 Å². The van der Waals surface area contributed by atoms with Crippen LogP contribution in [-0.2, 0) is 19.2 Å². The molecule has 200 valence electrons. The fourth-order valence-electron chi connectivity index (χ4n) is 3.27. The van der Waals surface area contributed by atoms with E-state index >= 15 is 0 Å². The van der Waals surface area contributed by atoms with Crippen LogP contribution in [-0.4, -0.2) is 23.9 Å². The predicted octanol–water partition coefficient (Wildman–Crippen LogP) is 5.89. The standard InChI is InChI=1S/C32H24O8/c1-5-29(33)37-24-16-15-23(27(19-24)39-31(35)7-3)14-11-21-9-12-22(13-10-21)26-18-17-25(38-30(34)6-2)20-28(26)40-32(36)8-4/h5-20H,1-4H2. The fraction of sp³-hybridized carbons (Fsp3) is 0. The van der Waals surface area contributed by atoms with Crippen molar-refractivity contribution in [1.29, 1.82) is 0 Å². The average molecular weight is 537 g/mol. The molecule has 0 heterocycles. The van der Waals surface area contributed by atoms with Crippen LogP contribution in [0.4, 0.5) is 0 Å². The molecule has 0 N–H and O–H groups in total. The van der Waals surface area contributed by atoms with Crippen molar-refractivity contribution in [2.24, 2.45) is 0 Å². The molecule has 0 saturated heterocycles. The molecule has 0 aliphatic carbocycles. The molecule has 40 heavy (non-hydrogen) atoms. The van der Waals surface area contributed by atoms with Gasteiger partial charge in [-0.15, -0.1) is 0 Å². The van der Waals surface area contributed by atoms with Crippen molar-refractivity contribution in [3.8, 4) is 34.1 Å². The van der Waals surface area contributed by atoms with Crippen LogP contribution in [0.25, 0.3) is 23.3 Å². The summed E-state index contributed by atoms with van der Waals surface area (Å²) in [5.41, 5.74) is 2.64. The van der Waals surface area contributed by atoms with Crippen LogP contribution in [0.2, 0.25) is 0 Å². The number of ether oxygens (including phenoxy) is 4. The highest BCUT2D eigenvalue weighted by molar-refractivity contribution is 5.88. The highest BCUT2D eigenvalue weighted by atomic mass is 16.6. The van der Waals surface area contributed by atoms with Crippen LogP contribution < -0.4 is 18.9 Å². The van der Waals surface area contributed by atoms with Gasteiger partial charge in [0.15, 0.2) is 0 Å². The van der Waals surface area contributed by atoms with Crippen molar-refractivity contribution in [3.05, 3.63) is 122 Å². The zero-order valence-corrected chi connectivity index (χ0v) is 21.3. The van der Waals surface area contributed by atoms with Gasteiger partial charge in [-0.05, 0) is 35.4 Å². The molecule has 0 atom stereocenters. The third-order valence-corrected chi connectivity index (χ3v) is 5.14. The fourth-order valence-corrected chi connectivity index (χ4v) is 3.27. The Morgan fingerprint density at radius 3 is 1.55 bits per heavy atom. The van der Waals surface area contributed by atoms with Gasteiger partial charge in [-0.2, -0.15) is 0 Å². The van der Waals surface area contributed by atoms with E-state index in [0.717, 1.165) is 35.4 Å². The van der Waals surface area contributed by atoms with Crippen molar-refractivity contribution >= 4 is 36.0 Å². The summed E-state index contributed by atoms with van der Waals surface area (Å²) in [5.74, 6) is -1.96. The number of hydrogen-bond acceptors (Lipinski definition) is 8. The topological polar surface area (TPSA) is 105 Å². The summed E-state index contributed by atoms with van der Waals surface area (Å²) < 4.78 is 20.9. The van der Waals surface area contributed by atoms with Crippen LogP contribution in [0, 0.1) is 0 Å². The molecule has 0 aromatic heterocycles. The smallest absolute Gasteiger partial charge is 0.335 e. The zero-order valence-electron chi connectivity index (χ0n) is 21.3. The summed E-state index contributed by atoms with van der Waals surface area (Å²) in [7, 11) is 0. The molecule has 8 heteroatoms. The molecule has 0 aliphatic rings. The van der Waals surface area contributed by atoms with Crippen molar-refractivity contribution < 1.29 is 38.1 Å². The van der Waals surface area contributed by atoms with Gasteiger partial charge in [-0.3, -0.25) is 0 Å². The Balaban J connectivity index is 1.89. The maximum atomic E-state index is 11.9. The molecule has 8 nitrogen and oxygen atoms in total. The summed E-state index contributed by atoms with van der Waals surface area (Å²) >= 11 is 0. The lowest BCUT2D eigenvalue weighted by atomic mass is 10.0. The summed E-state index contributed by atoms with van der Waals surface area (Å²) in [6, 6.07) is 16.5. The monoisotopic (exact) mass is 536 g/mol. The van der Waals surface area contributed by atoms with Crippen LogP contribution >= 0.6 is 0 Å². The first kappa shape index (κ1) is 28.8. The zero-order chi connectivity index (χ0) is 29.1. The van der Waals surface area contributed by atoms with Gasteiger partial charge in [-0.1, -0.05) is 62.7 Å². The maximum absolute atomic E-state index is 11.9. The highest BCUT2D eigenvalue weighted by Crippen LogP contribution is 2.34. The molecule has 0 bridgehead atoms. The third kappa shape index (κ3) is 7.87. The van der Waals surface area contributed by atoms with Gasteiger partial charge in [0.25, 0.3) is 0 Å². The van der Waals surface area contributed by atoms with Crippen molar-refractivity contribution in [3.63, 3.8) is 0 Å². The van der Waals surface area contributed by atoms with Gasteiger partial charge < -0.3 is 18.9 Å². The van der Waals surface area contributed by atoms with Gasteiger partial charge >= 0.3 is 23.9 Å². The molecule has 0 amide bonds. The lowest BCUT2D eigenvalue weighted by Crippen LogP contribution is -2.06. The third-order valence-electron chi connectivity index (χ3n) is 5.14. The van der Waals surface area contributed by atoms with Crippen LogP contribution in [0.5, 0.6) is 23.0 Å². The lowest BCUT2D eigenvalue weighted by molar-refractivity contribution is -0.130. The van der Waals surface area contributed by atoms with Gasteiger partial charge in [0.1, 0.15) is 23.0 Å². The number of carbonyl (C=O) groups is 4. The maximum Gasteiger partial charge on any atom is 0.335 e. The molecular formula is C32H24O8. The van der Waals surface area contributed by atoms with E-state index in [1.165, 1.54) is 12.1 Å². The van der Waals surface area contributed by atoms with Gasteiger partial charge in [0, 0.05) is 47.6 Å². The van der Waals surface area contributed by atoms with Crippen molar-refractivity contribution in [1.82, 2.24) is 0 Å². The Hall–Kier alpha value is -5.76. The molecule has 3 rings (SSSR count).